The largest absolute Gasteiger partial charge is 0.431 e. The summed E-state index contributed by atoms with van der Waals surface area (Å²) in [4.78, 5) is -0.165. The number of nitrogens with one attached hydrogen (secondary N) is 2. The SMILES string of the molecule is O=S(=O)(Nc1cc(Cl)cc(Br)c1OC(F)F)c1cn[nH]c1. The molecule has 114 valence electrons. The van der Waals surface area contributed by atoms with Gasteiger partial charge in [-0.1, -0.05) is 11.6 Å². The van der Waals surface area contributed by atoms with Gasteiger partial charge in [0.05, 0.1) is 16.4 Å². The molecule has 2 N–H and O–H groups in total. The normalized spacial score (nSPS) is 11.7. The highest BCUT2D eigenvalue weighted by molar-refractivity contribution is 9.10. The number of aromatic nitrogens is 2. The summed E-state index contributed by atoms with van der Waals surface area (Å²) in [7, 11) is -4.01. The Bertz CT molecular complexity index is 740. The number of anilines is 1. The van der Waals surface area contributed by atoms with E-state index in [0.29, 0.717) is 0 Å². The molecule has 0 saturated heterocycles. The maximum atomic E-state index is 12.4. The van der Waals surface area contributed by atoms with Crippen LogP contribution >= 0.6 is 27.5 Å². The van der Waals surface area contributed by atoms with Crippen molar-refractivity contribution < 1.29 is 21.9 Å². The van der Waals surface area contributed by atoms with E-state index in [2.05, 4.69) is 35.6 Å². The number of rotatable bonds is 5. The average Bonchev–Trinajstić information content (AvgIpc) is 2.87. The minimum absolute atomic E-state index is 0.0835. The summed E-state index contributed by atoms with van der Waals surface area (Å²) in [6, 6.07) is 2.45. The van der Waals surface area contributed by atoms with E-state index in [-0.39, 0.29) is 25.8 Å². The van der Waals surface area contributed by atoms with Crippen molar-refractivity contribution in [2.75, 3.05) is 4.72 Å². The van der Waals surface area contributed by atoms with Gasteiger partial charge < -0.3 is 4.74 Å². The van der Waals surface area contributed by atoms with E-state index in [0.717, 1.165) is 18.5 Å². The third-order valence-electron chi connectivity index (χ3n) is 2.24. The molecule has 0 unspecified atom stereocenters. The van der Waals surface area contributed by atoms with Crippen molar-refractivity contribution in [3.8, 4) is 5.75 Å². The number of H-pyrrole nitrogens is 1. The van der Waals surface area contributed by atoms with E-state index in [1.54, 1.807) is 0 Å². The maximum absolute atomic E-state index is 12.4. The topological polar surface area (TPSA) is 84.1 Å². The van der Waals surface area contributed by atoms with Crippen LogP contribution in [0.15, 0.2) is 33.9 Å². The molecule has 2 aromatic rings. The molecule has 11 heteroatoms. The van der Waals surface area contributed by atoms with Gasteiger partial charge in [-0.05, 0) is 28.1 Å². The second-order valence-corrected chi connectivity index (χ2v) is 6.66. The average molecular weight is 403 g/mol. The maximum Gasteiger partial charge on any atom is 0.387 e. The molecule has 0 fully saturated rings. The molecule has 1 aromatic carbocycles. The highest BCUT2D eigenvalue weighted by Crippen LogP contribution is 2.38. The Morgan fingerprint density at radius 3 is 2.71 bits per heavy atom. The Hall–Kier alpha value is -1.39. The zero-order valence-electron chi connectivity index (χ0n) is 9.98. The fourth-order valence-corrected chi connectivity index (χ4v) is 3.30. The monoisotopic (exact) mass is 401 g/mol. The lowest BCUT2D eigenvalue weighted by Gasteiger charge is -2.14. The molecule has 1 aromatic heterocycles. The van der Waals surface area contributed by atoms with Crippen LogP contribution in [0.1, 0.15) is 0 Å². The van der Waals surface area contributed by atoms with Crippen molar-refractivity contribution >= 4 is 43.2 Å². The van der Waals surface area contributed by atoms with Crippen molar-refractivity contribution in [2.24, 2.45) is 0 Å². The smallest absolute Gasteiger partial charge is 0.387 e. The van der Waals surface area contributed by atoms with Crippen LogP contribution < -0.4 is 9.46 Å². The van der Waals surface area contributed by atoms with Crippen molar-refractivity contribution in [2.45, 2.75) is 11.5 Å². The molecule has 6 nitrogen and oxygen atoms in total. The number of hydrogen-bond donors (Lipinski definition) is 2. The van der Waals surface area contributed by atoms with Crippen LogP contribution in [0.5, 0.6) is 5.75 Å². The molecule has 1 heterocycles. The number of halogens is 4. The van der Waals surface area contributed by atoms with Crippen molar-refractivity contribution in [3.63, 3.8) is 0 Å². The van der Waals surface area contributed by atoms with Crippen LogP contribution in [0.4, 0.5) is 14.5 Å². The molecule has 2 rings (SSSR count). The minimum Gasteiger partial charge on any atom is -0.431 e. The van der Waals surface area contributed by atoms with E-state index >= 15 is 0 Å². The minimum atomic E-state index is -4.01. The summed E-state index contributed by atoms with van der Waals surface area (Å²) < 4.78 is 55.4. The van der Waals surface area contributed by atoms with Gasteiger partial charge in [0.2, 0.25) is 0 Å². The third kappa shape index (κ3) is 3.83. The van der Waals surface area contributed by atoms with Crippen LogP contribution in [-0.2, 0) is 10.0 Å². The number of sulfonamides is 1. The quantitative estimate of drug-likeness (QED) is 0.804. The van der Waals surface area contributed by atoms with Gasteiger partial charge in [-0.15, -0.1) is 0 Å². The van der Waals surface area contributed by atoms with Crippen LogP contribution in [-0.4, -0.2) is 25.2 Å². The number of ether oxygens (including phenoxy) is 1. The number of hydrogen-bond acceptors (Lipinski definition) is 4. The van der Waals surface area contributed by atoms with Gasteiger partial charge in [0.25, 0.3) is 10.0 Å². The lowest BCUT2D eigenvalue weighted by atomic mass is 10.3. The second-order valence-electron chi connectivity index (χ2n) is 3.68. The third-order valence-corrected chi connectivity index (χ3v) is 4.38. The molecule has 0 aliphatic heterocycles. The first-order chi connectivity index (χ1) is 9.79. The van der Waals surface area contributed by atoms with Gasteiger partial charge in [-0.3, -0.25) is 9.82 Å². The molecule has 0 bridgehead atoms. The van der Waals surface area contributed by atoms with Crippen molar-refractivity contribution in [3.05, 3.63) is 34.0 Å². The van der Waals surface area contributed by atoms with Gasteiger partial charge in [0.15, 0.2) is 5.75 Å². The van der Waals surface area contributed by atoms with E-state index in [9.17, 15) is 17.2 Å². The van der Waals surface area contributed by atoms with Gasteiger partial charge >= 0.3 is 6.61 Å². The molecular formula is C10H7BrClF2N3O3S. The zero-order chi connectivity index (χ0) is 15.6. The molecule has 0 radical (unpaired) electrons. The van der Waals surface area contributed by atoms with E-state index < -0.39 is 16.6 Å². The second kappa shape index (κ2) is 6.16. The Morgan fingerprint density at radius 2 is 2.14 bits per heavy atom. The number of alkyl halides is 2. The Kier molecular flexibility index (Phi) is 4.69. The number of aromatic amines is 1. The molecule has 0 atom stereocenters. The van der Waals surface area contributed by atoms with Crippen molar-refractivity contribution in [1.82, 2.24) is 10.2 Å². The lowest BCUT2D eigenvalue weighted by molar-refractivity contribution is -0.0498. The summed E-state index contributed by atoms with van der Waals surface area (Å²) in [5.74, 6) is -0.374. The summed E-state index contributed by atoms with van der Waals surface area (Å²) in [6.45, 7) is -3.13. The van der Waals surface area contributed by atoms with E-state index in [1.807, 2.05) is 0 Å². The number of nitrogens with zero attached hydrogens (tertiary/aromatic N) is 1. The highest BCUT2D eigenvalue weighted by Gasteiger charge is 2.21. The molecule has 0 saturated carbocycles. The van der Waals surface area contributed by atoms with Crippen LogP contribution in [0.25, 0.3) is 0 Å². The molecule has 0 aliphatic rings. The fraction of sp³-hybridized carbons (Fsp3) is 0.100. The summed E-state index contributed by atoms with van der Waals surface area (Å²) in [6.07, 6.45) is 2.20. The first-order valence-electron chi connectivity index (χ1n) is 5.25. The summed E-state index contributed by atoms with van der Waals surface area (Å²) in [5.41, 5.74) is -0.226. The molecule has 0 aliphatic carbocycles. The Morgan fingerprint density at radius 1 is 1.43 bits per heavy atom. The molecular weight excluding hydrogens is 396 g/mol. The number of benzene rings is 1. The zero-order valence-corrected chi connectivity index (χ0v) is 13.1. The van der Waals surface area contributed by atoms with E-state index in [4.69, 9.17) is 11.6 Å². The first-order valence-corrected chi connectivity index (χ1v) is 7.90. The van der Waals surface area contributed by atoms with Crippen LogP contribution in [0, 0.1) is 0 Å². The van der Waals surface area contributed by atoms with Crippen molar-refractivity contribution in [1.29, 1.82) is 0 Å². The van der Waals surface area contributed by atoms with E-state index in [1.165, 1.54) is 6.07 Å². The predicted molar refractivity (Wildman–Crippen MR) is 75.2 cm³/mol. The Balaban J connectivity index is 2.44. The van der Waals surface area contributed by atoms with Gasteiger partial charge in [0, 0.05) is 11.2 Å². The molecule has 21 heavy (non-hydrogen) atoms. The van der Waals surface area contributed by atoms with Gasteiger partial charge in [-0.2, -0.15) is 13.9 Å². The predicted octanol–water partition coefficient (Wildman–Crippen LogP) is 3.23. The summed E-state index contributed by atoms with van der Waals surface area (Å²) >= 11 is 8.77. The van der Waals surface area contributed by atoms with Gasteiger partial charge in [0.1, 0.15) is 4.90 Å². The Labute approximate surface area is 131 Å². The lowest BCUT2D eigenvalue weighted by Crippen LogP contribution is -2.14. The molecule has 0 spiro atoms. The molecule has 0 amide bonds. The first kappa shape index (κ1) is 16.0. The fourth-order valence-electron chi connectivity index (χ4n) is 1.43. The summed E-state index contributed by atoms with van der Waals surface area (Å²) in [5, 5.41) is 5.97. The van der Waals surface area contributed by atoms with Gasteiger partial charge in [-0.25, -0.2) is 8.42 Å². The standard InChI is InChI=1S/C10H7BrClF2N3O3S/c11-7-1-5(12)2-8(9(7)20-10(13)14)17-21(18,19)6-3-15-16-4-6/h1-4,10,17H,(H,15,16). The highest BCUT2D eigenvalue weighted by atomic mass is 79.9. The van der Waals surface area contributed by atoms with Crippen LogP contribution in [0.3, 0.4) is 0 Å². The van der Waals surface area contributed by atoms with Crippen LogP contribution in [0.2, 0.25) is 5.02 Å².